The first-order valence-electron chi connectivity index (χ1n) is 17.9. The number of benzene rings is 9. The lowest BCUT2D eigenvalue weighted by Gasteiger charge is -2.19. The third-order valence-corrected chi connectivity index (χ3v) is 10.4. The van der Waals surface area contributed by atoms with Crippen molar-refractivity contribution in [2.75, 3.05) is 0 Å². The maximum atomic E-state index is 5.69. The van der Waals surface area contributed by atoms with Crippen molar-refractivity contribution in [2.24, 2.45) is 0 Å². The van der Waals surface area contributed by atoms with Gasteiger partial charge >= 0.3 is 0 Å². The molecule has 0 unspecified atom stereocenters. The molecule has 1 nitrogen and oxygen atoms in total. The molecule has 0 aliphatic carbocycles. The highest BCUT2D eigenvalue weighted by molar-refractivity contribution is 6.25. The lowest BCUT2D eigenvalue weighted by molar-refractivity contribution is 1.52. The fraction of sp³-hybridized carbons (Fsp3) is 0. The average molecular weight is 660 g/mol. The molecule has 0 saturated heterocycles. The fourth-order valence-electron chi connectivity index (χ4n) is 7.95. The molecule has 0 radical (unpaired) electrons. The third kappa shape index (κ3) is 5.06. The van der Waals surface area contributed by atoms with Crippen LogP contribution in [0, 0.1) is 0 Å². The SMILES string of the molecule is c1ccc(-c2ccc3c(c2)c(-c2ccccc2)cc2c(-c4ccccc4)c4cc(-c5ccccc5)c5cc(-c6ccccc6)ccc5c4nc23)cc1. The van der Waals surface area contributed by atoms with Gasteiger partial charge in [-0.15, -0.1) is 0 Å². The molecule has 0 spiro atoms. The molecule has 1 heterocycles. The molecule has 52 heavy (non-hydrogen) atoms. The van der Waals surface area contributed by atoms with Crippen LogP contribution in [0.2, 0.25) is 0 Å². The molecule has 0 aliphatic rings. The van der Waals surface area contributed by atoms with Gasteiger partial charge in [-0.25, -0.2) is 4.98 Å². The molecule has 10 rings (SSSR count). The van der Waals surface area contributed by atoms with Crippen molar-refractivity contribution in [3.63, 3.8) is 0 Å². The number of rotatable bonds is 5. The van der Waals surface area contributed by atoms with Gasteiger partial charge in [0, 0.05) is 27.1 Å². The van der Waals surface area contributed by atoms with Gasteiger partial charge in [0.05, 0.1) is 11.0 Å². The number of pyridine rings is 1. The molecule has 0 atom stereocenters. The second-order valence-corrected chi connectivity index (χ2v) is 13.5. The van der Waals surface area contributed by atoms with Crippen LogP contribution < -0.4 is 0 Å². The monoisotopic (exact) mass is 659 g/mol. The highest BCUT2D eigenvalue weighted by Gasteiger charge is 2.21. The van der Waals surface area contributed by atoms with Gasteiger partial charge in [-0.05, 0) is 85.1 Å². The zero-order valence-corrected chi connectivity index (χ0v) is 28.5. The summed E-state index contributed by atoms with van der Waals surface area (Å²) in [5, 5.41) is 6.99. The largest absolute Gasteiger partial charge is 0.246 e. The minimum Gasteiger partial charge on any atom is -0.246 e. The predicted molar refractivity (Wildman–Crippen MR) is 221 cm³/mol. The van der Waals surface area contributed by atoms with Gasteiger partial charge in [0.25, 0.3) is 0 Å². The molecular formula is C51H33N. The van der Waals surface area contributed by atoms with Crippen molar-refractivity contribution < 1.29 is 0 Å². The summed E-state index contributed by atoms with van der Waals surface area (Å²) in [7, 11) is 0. The van der Waals surface area contributed by atoms with Gasteiger partial charge in [0.1, 0.15) is 0 Å². The lowest BCUT2D eigenvalue weighted by Crippen LogP contribution is -1.95. The standard InChI is InChI=1S/C51H33N/c1-6-16-34(17-7-1)39-26-28-41-45(30-39)43(36-20-10-3-11-21-36)32-47-49(38-24-14-5-15-25-38)48-33-44(37-22-12-4-13-23-37)46-31-40(35-18-8-2-9-19-35)27-29-42(46)51(48)52-50(41)47/h1-33H. The van der Waals surface area contributed by atoms with Crippen molar-refractivity contribution in [1.29, 1.82) is 0 Å². The van der Waals surface area contributed by atoms with Gasteiger partial charge in [0.15, 0.2) is 0 Å². The molecule has 242 valence electrons. The summed E-state index contributed by atoms with van der Waals surface area (Å²) in [6, 6.07) is 72.3. The third-order valence-electron chi connectivity index (χ3n) is 10.4. The second kappa shape index (κ2) is 12.5. The van der Waals surface area contributed by atoms with E-state index in [1.54, 1.807) is 0 Å². The van der Waals surface area contributed by atoms with E-state index in [0.717, 1.165) is 32.6 Å². The Labute approximate surface area is 303 Å². The Morgan fingerprint density at radius 3 is 0.962 bits per heavy atom. The van der Waals surface area contributed by atoms with E-state index in [9.17, 15) is 0 Å². The number of aromatic nitrogens is 1. The Morgan fingerprint density at radius 1 is 0.231 bits per heavy atom. The average Bonchev–Trinajstić information content (AvgIpc) is 3.23. The molecule has 0 aliphatic heterocycles. The molecule has 9 aromatic carbocycles. The maximum Gasteiger partial charge on any atom is 0.0795 e. The van der Waals surface area contributed by atoms with Crippen molar-refractivity contribution in [3.05, 3.63) is 200 Å². The molecule has 0 amide bonds. The van der Waals surface area contributed by atoms with E-state index >= 15 is 0 Å². The Hall–Kier alpha value is -6.83. The molecule has 0 fully saturated rings. The molecule has 0 bridgehead atoms. The van der Waals surface area contributed by atoms with Gasteiger partial charge in [0.2, 0.25) is 0 Å². The summed E-state index contributed by atoms with van der Waals surface area (Å²) in [6.45, 7) is 0. The highest BCUT2D eigenvalue weighted by Crippen LogP contribution is 2.46. The number of hydrogen-bond donors (Lipinski definition) is 0. The van der Waals surface area contributed by atoms with Crippen molar-refractivity contribution in [1.82, 2.24) is 4.98 Å². The molecular weight excluding hydrogens is 627 g/mol. The van der Waals surface area contributed by atoms with Crippen LogP contribution in [-0.4, -0.2) is 4.98 Å². The van der Waals surface area contributed by atoms with Crippen LogP contribution >= 0.6 is 0 Å². The zero-order chi connectivity index (χ0) is 34.4. The van der Waals surface area contributed by atoms with Crippen LogP contribution in [0.15, 0.2) is 200 Å². The van der Waals surface area contributed by atoms with Gasteiger partial charge in [-0.2, -0.15) is 0 Å². The molecule has 0 saturated carbocycles. The van der Waals surface area contributed by atoms with Crippen molar-refractivity contribution >= 4 is 43.4 Å². The van der Waals surface area contributed by atoms with Crippen molar-refractivity contribution in [3.8, 4) is 55.6 Å². The first kappa shape index (κ1) is 30.0. The van der Waals surface area contributed by atoms with E-state index in [1.165, 1.54) is 66.4 Å². The lowest BCUT2D eigenvalue weighted by atomic mass is 9.86. The van der Waals surface area contributed by atoms with Crippen LogP contribution in [-0.2, 0) is 0 Å². The summed E-state index contributed by atoms with van der Waals surface area (Å²) < 4.78 is 0. The first-order valence-corrected chi connectivity index (χ1v) is 17.9. The first-order chi connectivity index (χ1) is 25.8. The van der Waals surface area contributed by atoms with Crippen LogP contribution in [0.1, 0.15) is 0 Å². The van der Waals surface area contributed by atoms with E-state index in [1.807, 2.05) is 0 Å². The van der Waals surface area contributed by atoms with E-state index in [0.29, 0.717) is 0 Å². The van der Waals surface area contributed by atoms with Crippen LogP contribution in [0.3, 0.4) is 0 Å². The van der Waals surface area contributed by atoms with Crippen LogP contribution in [0.4, 0.5) is 0 Å². The molecule has 1 heteroatoms. The summed E-state index contributed by atoms with van der Waals surface area (Å²) in [5.74, 6) is 0. The summed E-state index contributed by atoms with van der Waals surface area (Å²) in [4.78, 5) is 5.69. The Bertz CT molecular complexity index is 2720. The number of nitrogens with zero attached hydrogens (tertiary/aromatic N) is 1. The number of hydrogen-bond acceptors (Lipinski definition) is 1. The fourth-order valence-corrected chi connectivity index (χ4v) is 7.95. The van der Waals surface area contributed by atoms with Gasteiger partial charge < -0.3 is 0 Å². The van der Waals surface area contributed by atoms with E-state index < -0.39 is 0 Å². The smallest absolute Gasteiger partial charge is 0.0795 e. The molecule has 1 aromatic heterocycles. The Kier molecular flexibility index (Phi) is 7.22. The molecule has 0 N–H and O–H groups in total. The van der Waals surface area contributed by atoms with E-state index in [4.69, 9.17) is 4.98 Å². The minimum atomic E-state index is 1.02. The van der Waals surface area contributed by atoms with Gasteiger partial charge in [-0.3, -0.25) is 0 Å². The van der Waals surface area contributed by atoms with Crippen LogP contribution in [0.25, 0.3) is 99.0 Å². The minimum absolute atomic E-state index is 1.02. The zero-order valence-electron chi connectivity index (χ0n) is 28.5. The van der Waals surface area contributed by atoms with Crippen LogP contribution in [0.5, 0.6) is 0 Å². The summed E-state index contributed by atoms with van der Waals surface area (Å²) in [6.07, 6.45) is 0. The maximum absolute atomic E-state index is 5.69. The topological polar surface area (TPSA) is 12.9 Å². The summed E-state index contributed by atoms with van der Waals surface area (Å²) in [5.41, 5.74) is 14.0. The van der Waals surface area contributed by atoms with Crippen molar-refractivity contribution in [2.45, 2.75) is 0 Å². The second-order valence-electron chi connectivity index (χ2n) is 13.5. The van der Waals surface area contributed by atoms with E-state index in [2.05, 4.69) is 200 Å². The number of fused-ring (bicyclic) bond motifs is 6. The highest BCUT2D eigenvalue weighted by atomic mass is 14.7. The Balaban J connectivity index is 1.38. The predicted octanol–water partition coefficient (Wildman–Crippen LogP) is 14.0. The summed E-state index contributed by atoms with van der Waals surface area (Å²) >= 11 is 0. The molecule has 10 aromatic rings. The Morgan fingerprint density at radius 2 is 0.577 bits per heavy atom. The van der Waals surface area contributed by atoms with Gasteiger partial charge in [-0.1, -0.05) is 176 Å². The van der Waals surface area contributed by atoms with E-state index in [-0.39, 0.29) is 0 Å². The normalized spacial score (nSPS) is 11.5. The quantitative estimate of drug-likeness (QED) is 0.132.